The number of carbonyl (C=O) groups excluding carboxylic acids is 2. The number of ether oxygens (including phenoxy) is 1. The van der Waals surface area contributed by atoms with Gasteiger partial charge in [0.1, 0.15) is 17.3 Å². The average molecular weight is 303 g/mol. The van der Waals surface area contributed by atoms with E-state index < -0.39 is 17.7 Å². The number of alkyl carbamates (subject to hydrolysis) is 1. The zero-order chi connectivity index (χ0) is 16.6. The van der Waals surface area contributed by atoms with Crippen LogP contribution in [-0.2, 0) is 9.53 Å². The monoisotopic (exact) mass is 303 g/mol. The van der Waals surface area contributed by atoms with Crippen molar-refractivity contribution in [2.24, 2.45) is 0 Å². The highest BCUT2D eigenvalue weighted by Crippen LogP contribution is 2.07. The van der Waals surface area contributed by atoms with Crippen LogP contribution >= 0.6 is 0 Å². The summed E-state index contributed by atoms with van der Waals surface area (Å²) in [6.07, 6.45) is 1.15. The number of pyridine rings is 1. The Kier molecular flexibility index (Phi) is 6.39. The molecule has 0 aliphatic rings. The molecule has 118 valence electrons. The fourth-order valence-corrected chi connectivity index (χ4v) is 1.51. The minimum Gasteiger partial charge on any atom is -0.444 e. The highest BCUT2D eigenvalue weighted by Gasteiger charge is 2.22. The molecule has 2 amide bonds. The Labute approximate surface area is 130 Å². The molecule has 22 heavy (non-hydrogen) atoms. The van der Waals surface area contributed by atoms with E-state index >= 15 is 0 Å². The number of carbonyl (C=O) groups is 2. The van der Waals surface area contributed by atoms with Crippen LogP contribution in [0.3, 0.4) is 0 Å². The molecule has 0 radical (unpaired) electrons. The van der Waals surface area contributed by atoms with E-state index in [-0.39, 0.29) is 12.3 Å². The lowest BCUT2D eigenvalue weighted by molar-refractivity contribution is -0.122. The number of hydrogen-bond acceptors (Lipinski definition) is 4. The molecule has 0 aliphatic carbocycles. The second-order valence-electron chi connectivity index (χ2n) is 5.53. The third-order valence-electron chi connectivity index (χ3n) is 2.44. The van der Waals surface area contributed by atoms with Gasteiger partial charge in [-0.3, -0.25) is 4.79 Å². The van der Waals surface area contributed by atoms with E-state index in [1.165, 1.54) is 7.05 Å². The summed E-state index contributed by atoms with van der Waals surface area (Å²) < 4.78 is 5.14. The first-order valence-electron chi connectivity index (χ1n) is 6.93. The number of likely N-dealkylation sites (N-methyl/N-ethyl adjacent to an activating group) is 1. The minimum atomic E-state index is -0.781. The quantitative estimate of drug-likeness (QED) is 0.829. The first kappa shape index (κ1) is 17.5. The van der Waals surface area contributed by atoms with Gasteiger partial charge in [0, 0.05) is 19.7 Å². The van der Waals surface area contributed by atoms with E-state index in [4.69, 9.17) is 4.74 Å². The first-order chi connectivity index (χ1) is 10.3. The lowest BCUT2D eigenvalue weighted by Gasteiger charge is -2.22. The number of rotatable bonds is 3. The molecule has 0 saturated heterocycles. The molecular weight excluding hydrogens is 282 g/mol. The number of nitrogens with zero attached hydrogens (tertiary/aromatic N) is 1. The maximum atomic E-state index is 11.8. The molecule has 1 heterocycles. The van der Waals surface area contributed by atoms with Gasteiger partial charge in [0.05, 0.1) is 0 Å². The molecule has 0 unspecified atom stereocenters. The fourth-order valence-electron chi connectivity index (χ4n) is 1.51. The predicted molar refractivity (Wildman–Crippen MR) is 83.0 cm³/mol. The van der Waals surface area contributed by atoms with Gasteiger partial charge in [-0.15, -0.1) is 0 Å². The standard InChI is InChI=1S/C16H21N3O3/c1-16(2,3)22-15(21)19-13(14(20)17-4)10-7-9-12-8-5-6-11-18-12/h5-6,8,11,13H,10H2,1-4H3,(H,17,20)(H,19,21)/t13-/m0/s1. The summed E-state index contributed by atoms with van der Waals surface area (Å²) in [5.41, 5.74) is -0.0211. The van der Waals surface area contributed by atoms with Crippen molar-refractivity contribution in [3.05, 3.63) is 30.1 Å². The van der Waals surface area contributed by atoms with Gasteiger partial charge < -0.3 is 15.4 Å². The summed E-state index contributed by atoms with van der Waals surface area (Å²) in [7, 11) is 1.50. The van der Waals surface area contributed by atoms with Crippen LogP contribution in [0.4, 0.5) is 4.79 Å². The second-order valence-corrected chi connectivity index (χ2v) is 5.53. The van der Waals surface area contributed by atoms with Crippen LogP contribution < -0.4 is 10.6 Å². The minimum absolute atomic E-state index is 0.162. The van der Waals surface area contributed by atoms with Gasteiger partial charge >= 0.3 is 6.09 Å². The van der Waals surface area contributed by atoms with Crippen LogP contribution in [0.5, 0.6) is 0 Å². The van der Waals surface area contributed by atoms with E-state index in [1.807, 2.05) is 6.07 Å². The van der Waals surface area contributed by atoms with Crippen molar-refractivity contribution in [1.82, 2.24) is 15.6 Å². The van der Waals surface area contributed by atoms with E-state index in [1.54, 1.807) is 39.1 Å². The van der Waals surface area contributed by atoms with Crippen molar-refractivity contribution in [2.45, 2.75) is 38.8 Å². The van der Waals surface area contributed by atoms with Crippen LogP contribution in [0.15, 0.2) is 24.4 Å². The molecule has 2 N–H and O–H groups in total. The highest BCUT2D eigenvalue weighted by atomic mass is 16.6. The van der Waals surface area contributed by atoms with E-state index in [0.717, 1.165) is 0 Å². The second kappa shape index (κ2) is 8.03. The summed E-state index contributed by atoms with van der Waals surface area (Å²) in [6.45, 7) is 5.26. The molecule has 6 nitrogen and oxygen atoms in total. The highest BCUT2D eigenvalue weighted by molar-refractivity contribution is 5.85. The Balaban J connectivity index is 2.68. The lowest BCUT2D eigenvalue weighted by Crippen LogP contribution is -2.47. The number of aromatic nitrogens is 1. The van der Waals surface area contributed by atoms with Crippen molar-refractivity contribution < 1.29 is 14.3 Å². The van der Waals surface area contributed by atoms with Crippen LogP contribution in [0, 0.1) is 11.8 Å². The molecular formula is C16H21N3O3. The van der Waals surface area contributed by atoms with Crippen molar-refractivity contribution in [3.63, 3.8) is 0 Å². The maximum absolute atomic E-state index is 11.8. The topological polar surface area (TPSA) is 80.3 Å². The molecule has 0 aromatic carbocycles. The van der Waals surface area contributed by atoms with Gasteiger partial charge in [0.25, 0.3) is 0 Å². The summed E-state index contributed by atoms with van der Waals surface area (Å²) in [5, 5.41) is 5.00. The van der Waals surface area contributed by atoms with Crippen LogP contribution in [0.1, 0.15) is 32.9 Å². The van der Waals surface area contributed by atoms with E-state index in [2.05, 4.69) is 27.5 Å². The Bertz CT molecular complexity index is 568. The number of amides is 2. The third-order valence-corrected chi connectivity index (χ3v) is 2.44. The molecule has 0 fully saturated rings. The molecule has 0 spiro atoms. The van der Waals surface area contributed by atoms with Crippen molar-refractivity contribution >= 4 is 12.0 Å². The zero-order valence-electron chi connectivity index (χ0n) is 13.3. The largest absolute Gasteiger partial charge is 0.444 e. The predicted octanol–water partition coefficient (Wildman–Crippen LogP) is 1.46. The Morgan fingerprint density at radius 3 is 2.64 bits per heavy atom. The normalized spacial score (nSPS) is 11.6. The number of nitrogens with one attached hydrogen (secondary N) is 2. The fraction of sp³-hybridized carbons (Fsp3) is 0.438. The Morgan fingerprint density at radius 1 is 1.36 bits per heavy atom. The van der Waals surface area contributed by atoms with Crippen LogP contribution in [0.25, 0.3) is 0 Å². The SMILES string of the molecule is CNC(=O)[C@H](CC#Cc1ccccn1)NC(=O)OC(C)(C)C. The summed E-state index contributed by atoms with van der Waals surface area (Å²) >= 11 is 0. The van der Waals surface area contributed by atoms with Gasteiger partial charge in [0.15, 0.2) is 0 Å². The van der Waals surface area contributed by atoms with Gasteiger partial charge in [0.2, 0.25) is 5.91 Å². The molecule has 1 aromatic rings. The van der Waals surface area contributed by atoms with E-state index in [0.29, 0.717) is 5.69 Å². The third kappa shape index (κ3) is 6.75. The molecule has 1 rings (SSSR count). The van der Waals surface area contributed by atoms with Crippen molar-refractivity contribution in [3.8, 4) is 11.8 Å². The molecule has 1 atom stereocenters. The van der Waals surface area contributed by atoms with Gasteiger partial charge in [-0.1, -0.05) is 12.0 Å². The average Bonchev–Trinajstić information content (AvgIpc) is 2.44. The lowest BCUT2D eigenvalue weighted by atomic mass is 10.2. The summed E-state index contributed by atoms with van der Waals surface area (Å²) in [6, 6.07) is 4.61. The van der Waals surface area contributed by atoms with Gasteiger partial charge in [-0.05, 0) is 38.8 Å². The van der Waals surface area contributed by atoms with E-state index in [9.17, 15) is 9.59 Å². The summed E-state index contributed by atoms with van der Waals surface area (Å²) in [4.78, 5) is 27.6. The van der Waals surface area contributed by atoms with Gasteiger partial charge in [-0.25, -0.2) is 9.78 Å². The molecule has 0 bridgehead atoms. The van der Waals surface area contributed by atoms with Gasteiger partial charge in [-0.2, -0.15) is 0 Å². The van der Waals surface area contributed by atoms with Crippen LogP contribution in [0.2, 0.25) is 0 Å². The van der Waals surface area contributed by atoms with Crippen molar-refractivity contribution in [1.29, 1.82) is 0 Å². The molecule has 0 aliphatic heterocycles. The Morgan fingerprint density at radius 2 is 2.09 bits per heavy atom. The smallest absolute Gasteiger partial charge is 0.408 e. The Hall–Kier alpha value is -2.55. The first-order valence-corrected chi connectivity index (χ1v) is 6.93. The molecule has 1 aromatic heterocycles. The maximum Gasteiger partial charge on any atom is 0.408 e. The van der Waals surface area contributed by atoms with Crippen LogP contribution in [-0.4, -0.2) is 35.7 Å². The summed E-state index contributed by atoms with van der Waals surface area (Å²) in [5.74, 6) is 5.35. The zero-order valence-corrected chi connectivity index (χ0v) is 13.3. The molecule has 0 saturated carbocycles. The number of hydrogen-bond donors (Lipinski definition) is 2. The van der Waals surface area contributed by atoms with Crippen molar-refractivity contribution in [2.75, 3.05) is 7.05 Å². The molecule has 6 heteroatoms.